The summed E-state index contributed by atoms with van der Waals surface area (Å²) in [5, 5.41) is 3.36. The Kier molecular flexibility index (Phi) is 4.20. The van der Waals surface area contributed by atoms with E-state index in [0.29, 0.717) is 18.9 Å². The highest BCUT2D eigenvalue weighted by Gasteiger charge is 2.41. The van der Waals surface area contributed by atoms with Crippen molar-refractivity contribution in [3.8, 4) is 0 Å². The lowest BCUT2D eigenvalue weighted by Gasteiger charge is -2.29. The SMILES string of the molecule is CCC1NC(C(C)C)N(CC2CCS(=O)(=O)C2)C1=O. The molecule has 1 N–H and O–H groups in total. The number of nitrogens with one attached hydrogen (secondary N) is 1. The van der Waals surface area contributed by atoms with E-state index in [1.54, 1.807) is 0 Å². The Labute approximate surface area is 115 Å². The summed E-state index contributed by atoms with van der Waals surface area (Å²) in [6.07, 6.45) is 1.51. The number of hydrogen-bond acceptors (Lipinski definition) is 4. The van der Waals surface area contributed by atoms with Crippen molar-refractivity contribution < 1.29 is 13.2 Å². The first-order chi connectivity index (χ1) is 8.84. The largest absolute Gasteiger partial charge is 0.325 e. The molecule has 0 bridgehead atoms. The van der Waals surface area contributed by atoms with Gasteiger partial charge in [-0.2, -0.15) is 0 Å². The van der Waals surface area contributed by atoms with Gasteiger partial charge >= 0.3 is 0 Å². The zero-order valence-corrected chi connectivity index (χ0v) is 12.7. The predicted molar refractivity (Wildman–Crippen MR) is 74.3 cm³/mol. The Morgan fingerprint density at radius 2 is 2.11 bits per heavy atom. The van der Waals surface area contributed by atoms with Crippen LogP contribution >= 0.6 is 0 Å². The minimum absolute atomic E-state index is 0.0424. The lowest BCUT2D eigenvalue weighted by atomic mass is 10.1. The fourth-order valence-corrected chi connectivity index (χ4v) is 4.90. The van der Waals surface area contributed by atoms with Crippen LogP contribution in [0.5, 0.6) is 0 Å². The van der Waals surface area contributed by atoms with Crippen molar-refractivity contribution in [3.05, 3.63) is 0 Å². The van der Waals surface area contributed by atoms with Gasteiger partial charge in [0.25, 0.3) is 0 Å². The highest BCUT2D eigenvalue weighted by Crippen LogP contribution is 2.25. The van der Waals surface area contributed by atoms with Gasteiger partial charge in [0, 0.05) is 6.54 Å². The molecule has 0 aromatic carbocycles. The Hall–Kier alpha value is -0.620. The number of carbonyl (C=O) groups excluding carboxylic acids is 1. The molecule has 2 saturated heterocycles. The molecule has 19 heavy (non-hydrogen) atoms. The Morgan fingerprint density at radius 1 is 1.42 bits per heavy atom. The molecule has 2 heterocycles. The number of hydrogen-bond donors (Lipinski definition) is 1. The first kappa shape index (κ1) is 14.8. The van der Waals surface area contributed by atoms with Gasteiger partial charge in [0.2, 0.25) is 5.91 Å². The molecule has 110 valence electrons. The summed E-state index contributed by atoms with van der Waals surface area (Å²) < 4.78 is 23.0. The highest BCUT2D eigenvalue weighted by atomic mass is 32.2. The summed E-state index contributed by atoms with van der Waals surface area (Å²) in [6, 6.07) is -0.106. The molecule has 0 aliphatic carbocycles. The zero-order valence-electron chi connectivity index (χ0n) is 11.9. The van der Waals surface area contributed by atoms with Crippen LogP contribution in [-0.4, -0.2) is 49.5 Å². The van der Waals surface area contributed by atoms with E-state index < -0.39 is 9.84 Å². The van der Waals surface area contributed by atoms with Gasteiger partial charge in [0.05, 0.1) is 23.7 Å². The third kappa shape index (κ3) is 3.11. The fraction of sp³-hybridized carbons (Fsp3) is 0.923. The van der Waals surface area contributed by atoms with Gasteiger partial charge in [0.15, 0.2) is 9.84 Å². The van der Waals surface area contributed by atoms with Crippen LogP contribution in [0.3, 0.4) is 0 Å². The molecule has 1 amide bonds. The summed E-state index contributed by atoms with van der Waals surface area (Å²) in [5.74, 6) is 1.08. The maximum Gasteiger partial charge on any atom is 0.241 e. The summed E-state index contributed by atoms with van der Waals surface area (Å²) in [6.45, 7) is 6.74. The van der Waals surface area contributed by atoms with Crippen molar-refractivity contribution >= 4 is 15.7 Å². The van der Waals surface area contributed by atoms with Crippen LogP contribution in [-0.2, 0) is 14.6 Å². The first-order valence-electron chi connectivity index (χ1n) is 7.11. The third-order valence-corrected chi connectivity index (χ3v) is 5.95. The molecule has 2 rings (SSSR count). The van der Waals surface area contributed by atoms with E-state index in [1.807, 2.05) is 11.8 Å². The Balaban J connectivity index is 2.06. The van der Waals surface area contributed by atoms with Crippen molar-refractivity contribution in [2.45, 2.75) is 45.8 Å². The molecular weight excluding hydrogens is 264 g/mol. The van der Waals surface area contributed by atoms with Crippen molar-refractivity contribution in [1.82, 2.24) is 10.2 Å². The minimum Gasteiger partial charge on any atom is -0.325 e. The van der Waals surface area contributed by atoms with E-state index >= 15 is 0 Å². The first-order valence-corrected chi connectivity index (χ1v) is 8.93. The maximum atomic E-state index is 12.3. The van der Waals surface area contributed by atoms with Gasteiger partial charge in [-0.15, -0.1) is 0 Å². The van der Waals surface area contributed by atoms with E-state index in [4.69, 9.17) is 0 Å². The van der Waals surface area contributed by atoms with Crippen LogP contribution in [0, 0.1) is 11.8 Å². The monoisotopic (exact) mass is 288 g/mol. The molecule has 3 unspecified atom stereocenters. The van der Waals surface area contributed by atoms with E-state index in [1.165, 1.54) is 0 Å². The average molecular weight is 288 g/mol. The highest BCUT2D eigenvalue weighted by molar-refractivity contribution is 7.91. The molecule has 3 atom stereocenters. The maximum absolute atomic E-state index is 12.3. The molecule has 0 aromatic rings. The third-order valence-electron chi connectivity index (χ3n) is 4.11. The molecule has 0 saturated carbocycles. The summed E-state index contributed by atoms with van der Waals surface area (Å²) in [4.78, 5) is 14.2. The normalized spacial score (nSPS) is 34.4. The van der Waals surface area contributed by atoms with Crippen molar-refractivity contribution in [2.24, 2.45) is 11.8 Å². The van der Waals surface area contributed by atoms with Crippen molar-refractivity contribution in [2.75, 3.05) is 18.1 Å². The molecule has 6 heteroatoms. The smallest absolute Gasteiger partial charge is 0.241 e. The van der Waals surface area contributed by atoms with Crippen LogP contribution < -0.4 is 5.32 Å². The van der Waals surface area contributed by atoms with Crippen LogP contribution in [0.15, 0.2) is 0 Å². The molecule has 2 fully saturated rings. The molecule has 0 aromatic heterocycles. The fourth-order valence-electron chi connectivity index (χ4n) is 3.05. The number of carbonyl (C=O) groups is 1. The standard InChI is InChI=1S/C13H24N2O3S/c1-4-11-13(16)15(12(14-11)9(2)3)7-10-5-6-19(17,18)8-10/h9-12,14H,4-8H2,1-3H3. The minimum atomic E-state index is -2.87. The van der Waals surface area contributed by atoms with Gasteiger partial charge in [-0.1, -0.05) is 20.8 Å². The second-order valence-corrected chi connectivity index (χ2v) is 8.30. The average Bonchev–Trinajstić information content (AvgIpc) is 2.81. The quantitative estimate of drug-likeness (QED) is 0.823. The topological polar surface area (TPSA) is 66.5 Å². The van der Waals surface area contributed by atoms with Crippen molar-refractivity contribution in [1.29, 1.82) is 0 Å². The van der Waals surface area contributed by atoms with Crippen LogP contribution in [0.1, 0.15) is 33.6 Å². The number of sulfone groups is 1. The van der Waals surface area contributed by atoms with Gasteiger partial charge in [-0.25, -0.2) is 8.42 Å². The van der Waals surface area contributed by atoms with E-state index in [2.05, 4.69) is 19.2 Å². The molecule has 5 nitrogen and oxygen atoms in total. The Bertz CT molecular complexity index is 447. The zero-order chi connectivity index (χ0) is 14.2. The molecule has 0 spiro atoms. The van der Waals surface area contributed by atoms with E-state index in [9.17, 15) is 13.2 Å². The van der Waals surface area contributed by atoms with Gasteiger partial charge in [0.1, 0.15) is 0 Å². The summed E-state index contributed by atoms with van der Waals surface area (Å²) in [5.41, 5.74) is 0. The Morgan fingerprint density at radius 3 is 2.58 bits per heavy atom. The van der Waals surface area contributed by atoms with Crippen LogP contribution in [0.2, 0.25) is 0 Å². The molecule has 2 aliphatic rings. The lowest BCUT2D eigenvalue weighted by molar-refractivity contribution is -0.131. The van der Waals surface area contributed by atoms with Crippen molar-refractivity contribution in [3.63, 3.8) is 0 Å². The number of amides is 1. The number of rotatable bonds is 4. The van der Waals surface area contributed by atoms with Gasteiger partial charge < -0.3 is 4.90 Å². The second kappa shape index (κ2) is 5.40. The second-order valence-electron chi connectivity index (χ2n) is 6.08. The van der Waals surface area contributed by atoms with Crippen LogP contribution in [0.25, 0.3) is 0 Å². The summed E-state index contributed by atoms with van der Waals surface area (Å²) in [7, 11) is -2.87. The summed E-state index contributed by atoms with van der Waals surface area (Å²) >= 11 is 0. The lowest BCUT2D eigenvalue weighted by Crippen LogP contribution is -2.44. The molecule has 0 radical (unpaired) electrons. The van der Waals surface area contributed by atoms with Crippen LogP contribution in [0.4, 0.5) is 0 Å². The molecule has 2 aliphatic heterocycles. The number of nitrogens with zero attached hydrogens (tertiary/aromatic N) is 1. The van der Waals surface area contributed by atoms with E-state index in [-0.39, 0.29) is 35.5 Å². The molecular formula is C13H24N2O3S. The van der Waals surface area contributed by atoms with Gasteiger partial charge in [-0.3, -0.25) is 10.1 Å². The van der Waals surface area contributed by atoms with E-state index in [0.717, 1.165) is 6.42 Å². The predicted octanol–water partition coefficient (Wildman–Crippen LogP) is 0.614. The van der Waals surface area contributed by atoms with Gasteiger partial charge in [-0.05, 0) is 24.7 Å².